The number of hydrogen-bond donors (Lipinski definition) is 2. The fraction of sp³-hybridized carbons (Fsp3) is 0.923. The summed E-state index contributed by atoms with van der Waals surface area (Å²) in [5.74, 6) is 0.827. The lowest BCUT2D eigenvalue weighted by Crippen LogP contribution is -2.42. The van der Waals surface area contributed by atoms with Crippen molar-refractivity contribution in [1.82, 2.24) is 10.6 Å². The number of hydrogen-bond acceptors (Lipinski definition) is 2. The Bertz CT molecular complexity index is 220. The molecule has 0 aromatic heterocycles. The molecule has 0 aromatic carbocycles. The Morgan fingerprint density at radius 1 is 1.38 bits per heavy atom. The van der Waals surface area contributed by atoms with E-state index < -0.39 is 0 Å². The van der Waals surface area contributed by atoms with Crippen LogP contribution in [-0.4, -0.2) is 25.5 Å². The summed E-state index contributed by atoms with van der Waals surface area (Å²) in [6.45, 7) is 9.59. The maximum absolute atomic E-state index is 11.6. The Kier molecular flexibility index (Phi) is 5.26. The van der Waals surface area contributed by atoms with Gasteiger partial charge in [0.05, 0.1) is 0 Å². The molecule has 1 amide bonds. The quantitative estimate of drug-likeness (QED) is 0.752. The summed E-state index contributed by atoms with van der Waals surface area (Å²) in [7, 11) is 0. The number of nitrogens with one attached hydrogen (secondary N) is 2. The van der Waals surface area contributed by atoms with Crippen molar-refractivity contribution in [1.29, 1.82) is 0 Å². The van der Waals surface area contributed by atoms with Crippen LogP contribution in [0.15, 0.2) is 0 Å². The van der Waals surface area contributed by atoms with E-state index in [1.807, 2.05) is 0 Å². The van der Waals surface area contributed by atoms with E-state index >= 15 is 0 Å². The summed E-state index contributed by atoms with van der Waals surface area (Å²) in [6.07, 6.45) is 3.99. The van der Waals surface area contributed by atoms with E-state index in [4.69, 9.17) is 0 Å². The minimum absolute atomic E-state index is 0.216. The number of carbonyl (C=O) groups is 1. The van der Waals surface area contributed by atoms with Crippen LogP contribution in [0.4, 0.5) is 0 Å². The highest BCUT2D eigenvalue weighted by atomic mass is 16.1. The Morgan fingerprint density at radius 3 is 2.56 bits per heavy atom. The van der Waals surface area contributed by atoms with Gasteiger partial charge in [0.15, 0.2) is 0 Å². The maximum atomic E-state index is 11.6. The Hall–Kier alpha value is -0.570. The van der Waals surface area contributed by atoms with Crippen LogP contribution in [0.1, 0.15) is 46.5 Å². The van der Waals surface area contributed by atoms with E-state index in [0.29, 0.717) is 17.8 Å². The molecule has 1 heterocycles. The van der Waals surface area contributed by atoms with Crippen molar-refractivity contribution in [3.05, 3.63) is 0 Å². The van der Waals surface area contributed by atoms with Gasteiger partial charge in [0.2, 0.25) is 5.91 Å². The van der Waals surface area contributed by atoms with Crippen molar-refractivity contribution < 1.29 is 4.79 Å². The van der Waals surface area contributed by atoms with Crippen LogP contribution in [0.25, 0.3) is 0 Å². The van der Waals surface area contributed by atoms with Crippen LogP contribution in [0.2, 0.25) is 0 Å². The van der Waals surface area contributed by atoms with Gasteiger partial charge in [-0.3, -0.25) is 4.79 Å². The molecule has 0 aliphatic carbocycles. The molecule has 0 unspecified atom stereocenters. The third-order valence-corrected chi connectivity index (χ3v) is 3.47. The van der Waals surface area contributed by atoms with Gasteiger partial charge in [0, 0.05) is 13.0 Å². The van der Waals surface area contributed by atoms with Gasteiger partial charge in [-0.1, -0.05) is 20.8 Å². The molecule has 0 atom stereocenters. The van der Waals surface area contributed by atoms with Crippen molar-refractivity contribution in [2.75, 3.05) is 19.6 Å². The van der Waals surface area contributed by atoms with Crippen LogP contribution in [-0.2, 0) is 4.79 Å². The maximum Gasteiger partial charge on any atom is 0.220 e. The fourth-order valence-corrected chi connectivity index (χ4v) is 2.03. The standard InChI is InChI=1S/C13H26N2O/c1-11(2)4-5-12(16)15-10-13(3)6-8-14-9-7-13/h11,14H,4-10H2,1-3H3,(H,15,16). The molecule has 16 heavy (non-hydrogen) atoms. The second-order valence-corrected chi connectivity index (χ2v) is 5.77. The van der Waals surface area contributed by atoms with Crippen molar-refractivity contribution in [2.45, 2.75) is 46.5 Å². The summed E-state index contributed by atoms with van der Waals surface area (Å²) in [4.78, 5) is 11.6. The summed E-state index contributed by atoms with van der Waals surface area (Å²) >= 11 is 0. The molecule has 3 heteroatoms. The van der Waals surface area contributed by atoms with Crippen molar-refractivity contribution in [3.63, 3.8) is 0 Å². The minimum Gasteiger partial charge on any atom is -0.356 e. The second-order valence-electron chi connectivity index (χ2n) is 5.77. The van der Waals surface area contributed by atoms with Crippen LogP contribution in [0, 0.1) is 11.3 Å². The molecule has 0 saturated carbocycles. The smallest absolute Gasteiger partial charge is 0.220 e. The number of carbonyl (C=O) groups excluding carboxylic acids is 1. The average Bonchev–Trinajstić information content (AvgIpc) is 2.25. The molecule has 0 aromatic rings. The average molecular weight is 226 g/mol. The van der Waals surface area contributed by atoms with Crippen molar-refractivity contribution in [2.24, 2.45) is 11.3 Å². The van der Waals surface area contributed by atoms with Gasteiger partial charge < -0.3 is 10.6 Å². The highest BCUT2D eigenvalue weighted by molar-refractivity contribution is 5.75. The van der Waals surface area contributed by atoms with E-state index in [-0.39, 0.29) is 5.91 Å². The largest absolute Gasteiger partial charge is 0.356 e. The predicted molar refractivity (Wildman–Crippen MR) is 67.3 cm³/mol. The highest BCUT2D eigenvalue weighted by Gasteiger charge is 2.26. The molecule has 3 nitrogen and oxygen atoms in total. The Morgan fingerprint density at radius 2 is 2.00 bits per heavy atom. The first-order valence-electron chi connectivity index (χ1n) is 6.49. The molecule has 0 bridgehead atoms. The van der Waals surface area contributed by atoms with Gasteiger partial charge in [0.25, 0.3) is 0 Å². The zero-order valence-electron chi connectivity index (χ0n) is 10.9. The van der Waals surface area contributed by atoms with E-state index in [2.05, 4.69) is 31.4 Å². The molecule has 94 valence electrons. The zero-order valence-corrected chi connectivity index (χ0v) is 10.9. The van der Waals surface area contributed by atoms with E-state index in [1.165, 1.54) is 0 Å². The number of rotatable bonds is 5. The molecule has 1 aliphatic heterocycles. The minimum atomic E-state index is 0.216. The van der Waals surface area contributed by atoms with Gasteiger partial charge in [0.1, 0.15) is 0 Å². The molecule has 1 saturated heterocycles. The number of amides is 1. The summed E-state index contributed by atoms with van der Waals surface area (Å²) < 4.78 is 0. The molecular formula is C13H26N2O. The van der Waals surface area contributed by atoms with Crippen molar-refractivity contribution >= 4 is 5.91 Å². The first-order chi connectivity index (χ1) is 7.52. The summed E-state index contributed by atoms with van der Waals surface area (Å²) in [5.41, 5.74) is 0.304. The third kappa shape index (κ3) is 4.97. The molecule has 0 spiro atoms. The lowest BCUT2D eigenvalue weighted by atomic mass is 9.81. The first-order valence-corrected chi connectivity index (χ1v) is 6.49. The molecule has 1 aliphatic rings. The predicted octanol–water partition coefficient (Wildman–Crippen LogP) is 1.93. The van der Waals surface area contributed by atoms with Crippen LogP contribution in [0.5, 0.6) is 0 Å². The summed E-state index contributed by atoms with van der Waals surface area (Å²) in [5, 5.41) is 6.44. The van der Waals surface area contributed by atoms with Crippen LogP contribution >= 0.6 is 0 Å². The van der Waals surface area contributed by atoms with Gasteiger partial charge in [-0.15, -0.1) is 0 Å². The molecule has 1 fully saturated rings. The molecular weight excluding hydrogens is 200 g/mol. The Labute approximate surface area is 99.4 Å². The Balaban J connectivity index is 2.19. The van der Waals surface area contributed by atoms with Crippen molar-refractivity contribution in [3.8, 4) is 0 Å². The van der Waals surface area contributed by atoms with Gasteiger partial charge >= 0.3 is 0 Å². The lowest BCUT2D eigenvalue weighted by Gasteiger charge is -2.34. The fourth-order valence-electron chi connectivity index (χ4n) is 2.03. The molecule has 0 radical (unpaired) electrons. The third-order valence-electron chi connectivity index (χ3n) is 3.47. The van der Waals surface area contributed by atoms with E-state index in [1.54, 1.807) is 0 Å². The van der Waals surface area contributed by atoms with E-state index in [9.17, 15) is 4.79 Å². The van der Waals surface area contributed by atoms with Crippen LogP contribution < -0.4 is 10.6 Å². The van der Waals surface area contributed by atoms with E-state index in [0.717, 1.165) is 38.9 Å². The topological polar surface area (TPSA) is 41.1 Å². The second kappa shape index (κ2) is 6.24. The lowest BCUT2D eigenvalue weighted by molar-refractivity contribution is -0.121. The molecule has 1 rings (SSSR count). The number of piperidine rings is 1. The monoisotopic (exact) mass is 226 g/mol. The van der Waals surface area contributed by atoms with Gasteiger partial charge in [-0.25, -0.2) is 0 Å². The van der Waals surface area contributed by atoms with Gasteiger partial charge in [-0.05, 0) is 43.7 Å². The summed E-state index contributed by atoms with van der Waals surface area (Å²) in [6, 6.07) is 0. The van der Waals surface area contributed by atoms with Gasteiger partial charge in [-0.2, -0.15) is 0 Å². The first kappa shape index (κ1) is 13.5. The SMILES string of the molecule is CC(C)CCC(=O)NCC1(C)CCNCC1. The highest BCUT2D eigenvalue weighted by Crippen LogP contribution is 2.26. The van der Waals surface area contributed by atoms with Crippen LogP contribution in [0.3, 0.4) is 0 Å². The normalized spacial score (nSPS) is 19.8. The zero-order chi connectivity index (χ0) is 12.0. The molecule has 2 N–H and O–H groups in total.